The van der Waals surface area contributed by atoms with Gasteiger partial charge in [-0.25, -0.2) is 4.98 Å². The van der Waals surface area contributed by atoms with Crippen LogP contribution in [-0.4, -0.2) is 9.97 Å². The number of nitrogens with zero attached hydrogens (tertiary/aromatic N) is 1. The molecule has 0 bridgehead atoms. The van der Waals surface area contributed by atoms with Crippen LogP contribution in [0.4, 0.5) is 0 Å². The van der Waals surface area contributed by atoms with Crippen LogP contribution in [0.2, 0.25) is 5.02 Å². The molecule has 62 valence electrons. The van der Waals surface area contributed by atoms with Crippen molar-refractivity contribution in [3.8, 4) is 0 Å². The number of hydrogen-bond acceptors (Lipinski definition) is 1. The Morgan fingerprint density at radius 1 is 1.33 bits per heavy atom. The van der Waals surface area contributed by atoms with Crippen LogP contribution in [0.5, 0.6) is 0 Å². The third kappa shape index (κ3) is 0.916. The second-order valence-corrected chi connectivity index (χ2v) is 3.33. The standard InChI is InChI=1S/C9H9ClN2/c1-5-3-11-9-7(5)8(10)6(2)4-12-9/h3-4H,1-2H3,(H,11,12). The Labute approximate surface area is 75.6 Å². The fourth-order valence-electron chi connectivity index (χ4n) is 1.30. The van der Waals surface area contributed by atoms with Crippen LogP contribution in [0, 0.1) is 13.8 Å². The predicted octanol–water partition coefficient (Wildman–Crippen LogP) is 2.83. The van der Waals surface area contributed by atoms with Crippen molar-refractivity contribution in [1.29, 1.82) is 0 Å². The van der Waals surface area contributed by atoms with Crippen LogP contribution in [0.15, 0.2) is 12.4 Å². The number of aryl methyl sites for hydroxylation is 2. The lowest BCUT2D eigenvalue weighted by molar-refractivity contribution is 1.29. The summed E-state index contributed by atoms with van der Waals surface area (Å²) in [6.07, 6.45) is 3.70. The van der Waals surface area contributed by atoms with E-state index >= 15 is 0 Å². The first-order chi connectivity index (χ1) is 5.70. The fraction of sp³-hybridized carbons (Fsp3) is 0.222. The van der Waals surface area contributed by atoms with Crippen LogP contribution in [0.1, 0.15) is 11.1 Å². The van der Waals surface area contributed by atoms with E-state index in [4.69, 9.17) is 11.6 Å². The molecular formula is C9H9ClN2. The molecule has 0 saturated carbocycles. The first kappa shape index (κ1) is 7.62. The maximum Gasteiger partial charge on any atom is 0.139 e. The molecule has 0 fully saturated rings. The first-order valence-electron chi connectivity index (χ1n) is 3.79. The van der Waals surface area contributed by atoms with Crippen molar-refractivity contribution in [2.24, 2.45) is 0 Å². The molecule has 0 amide bonds. The molecule has 0 aliphatic carbocycles. The van der Waals surface area contributed by atoms with Crippen LogP contribution >= 0.6 is 11.6 Å². The molecule has 12 heavy (non-hydrogen) atoms. The SMILES string of the molecule is Cc1cnc2[nH]cc(C)c2c1Cl. The minimum absolute atomic E-state index is 0.804. The Balaban J connectivity index is 2.96. The van der Waals surface area contributed by atoms with Gasteiger partial charge >= 0.3 is 0 Å². The largest absolute Gasteiger partial charge is 0.346 e. The van der Waals surface area contributed by atoms with Crippen molar-refractivity contribution in [1.82, 2.24) is 9.97 Å². The normalized spacial score (nSPS) is 10.9. The van der Waals surface area contributed by atoms with Gasteiger partial charge in [0.1, 0.15) is 5.65 Å². The molecule has 0 saturated heterocycles. The fourth-order valence-corrected chi connectivity index (χ4v) is 1.59. The number of H-pyrrole nitrogens is 1. The Morgan fingerprint density at radius 3 is 2.83 bits per heavy atom. The molecule has 2 aromatic rings. The lowest BCUT2D eigenvalue weighted by atomic mass is 10.2. The topological polar surface area (TPSA) is 28.7 Å². The molecule has 2 aromatic heterocycles. The summed E-state index contributed by atoms with van der Waals surface area (Å²) >= 11 is 6.11. The van der Waals surface area contributed by atoms with E-state index < -0.39 is 0 Å². The maximum absolute atomic E-state index is 6.11. The lowest BCUT2D eigenvalue weighted by Crippen LogP contribution is -1.81. The summed E-state index contributed by atoms with van der Waals surface area (Å²) < 4.78 is 0. The quantitative estimate of drug-likeness (QED) is 0.664. The van der Waals surface area contributed by atoms with Gasteiger partial charge in [0.05, 0.1) is 5.02 Å². The van der Waals surface area contributed by atoms with Gasteiger partial charge in [-0.15, -0.1) is 0 Å². The molecule has 2 nitrogen and oxygen atoms in total. The predicted molar refractivity (Wildman–Crippen MR) is 50.6 cm³/mol. The number of rotatable bonds is 0. The molecule has 0 atom stereocenters. The zero-order chi connectivity index (χ0) is 8.72. The highest BCUT2D eigenvalue weighted by atomic mass is 35.5. The molecule has 0 aliphatic rings. The molecule has 0 spiro atoms. The maximum atomic E-state index is 6.11. The highest BCUT2D eigenvalue weighted by Crippen LogP contribution is 2.27. The summed E-state index contributed by atoms with van der Waals surface area (Å²) in [6, 6.07) is 0. The Morgan fingerprint density at radius 2 is 2.08 bits per heavy atom. The van der Waals surface area contributed by atoms with E-state index in [2.05, 4.69) is 9.97 Å². The number of halogens is 1. The van der Waals surface area contributed by atoms with Gasteiger partial charge in [0.15, 0.2) is 0 Å². The molecule has 2 rings (SSSR count). The van der Waals surface area contributed by atoms with Crippen LogP contribution < -0.4 is 0 Å². The average molecular weight is 181 g/mol. The number of aromatic amines is 1. The number of aromatic nitrogens is 2. The summed E-state index contributed by atoms with van der Waals surface area (Å²) in [6.45, 7) is 3.98. The minimum atomic E-state index is 0.804. The van der Waals surface area contributed by atoms with Gasteiger partial charge in [-0.1, -0.05) is 11.6 Å². The minimum Gasteiger partial charge on any atom is -0.346 e. The van der Waals surface area contributed by atoms with E-state index in [9.17, 15) is 0 Å². The summed E-state index contributed by atoms with van der Waals surface area (Å²) in [4.78, 5) is 7.28. The third-order valence-electron chi connectivity index (χ3n) is 2.01. The first-order valence-corrected chi connectivity index (χ1v) is 4.16. The van der Waals surface area contributed by atoms with Gasteiger partial charge in [0.2, 0.25) is 0 Å². The number of nitrogens with one attached hydrogen (secondary N) is 1. The van der Waals surface area contributed by atoms with Gasteiger partial charge in [-0.05, 0) is 25.0 Å². The average Bonchev–Trinajstić information content (AvgIpc) is 2.41. The second-order valence-electron chi connectivity index (χ2n) is 2.95. The molecule has 0 radical (unpaired) electrons. The van der Waals surface area contributed by atoms with Gasteiger partial charge in [0, 0.05) is 17.8 Å². The molecule has 2 heterocycles. The van der Waals surface area contributed by atoms with Crippen LogP contribution in [-0.2, 0) is 0 Å². The molecule has 1 N–H and O–H groups in total. The zero-order valence-corrected chi connectivity index (χ0v) is 7.74. The van der Waals surface area contributed by atoms with E-state index in [1.54, 1.807) is 6.20 Å². The molecule has 0 unspecified atom stereocenters. The zero-order valence-electron chi connectivity index (χ0n) is 6.98. The molecular weight excluding hydrogens is 172 g/mol. The van der Waals surface area contributed by atoms with Crippen molar-refractivity contribution in [3.63, 3.8) is 0 Å². The molecule has 0 aliphatic heterocycles. The summed E-state index contributed by atoms with van der Waals surface area (Å²) in [7, 11) is 0. The number of hydrogen-bond donors (Lipinski definition) is 1. The molecule has 3 heteroatoms. The van der Waals surface area contributed by atoms with Gasteiger partial charge < -0.3 is 4.98 Å². The van der Waals surface area contributed by atoms with E-state index in [1.807, 2.05) is 20.0 Å². The highest BCUT2D eigenvalue weighted by molar-refractivity contribution is 6.36. The second kappa shape index (κ2) is 2.49. The van der Waals surface area contributed by atoms with Crippen molar-refractivity contribution in [2.45, 2.75) is 13.8 Å². The van der Waals surface area contributed by atoms with Crippen LogP contribution in [0.3, 0.4) is 0 Å². The number of pyridine rings is 1. The Hall–Kier alpha value is -1.02. The number of fused-ring (bicyclic) bond motifs is 1. The van der Waals surface area contributed by atoms with E-state index in [0.717, 1.165) is 27.2 Å². The lowest BCUT2D eigenvalue weighted by Gasteiger charge is -1.98. The van der Waals surface area contributed by atoms with E-state index in [0.29, 0.717) is 0 Å². The Kier molecular flexibility index (Phi) is 1.58. The monoisotopic (exact) mass is 180 g/mol. The summed E-state index contributed by atoms with van der Waals surface area (Å²) in [5, 5.41) is 1.84. The third-order valence-corrected chi connectivity index (χ3v) is 2.50. The van der Waals surface area contributed by atoms with Crippen molar-refractivity contribution >= 4 is 22.6 Å². The van der Waals surface area contributed by atoms with Crippen molar-refractivity contribution in [3.05, 3.63) is 28.5 Å². The highest BCUT2D eigenvalue weighted by Gasteiger charge is 2.06. The summed E-state index contributed by atoms with van der Waals surface area (Å²) in [5.74, 6) is 0. The van der Waals surface area contributed by atoms with Crippen LogP contribution in [0.25, 0.3) is 11.0 Å². The van der Waals surface area contributed by atoms with Crippen molar-refractivity contribution in [2.75, 3.05) is 0 Å². The van der Waals surface area contributed by atoms with E-state index in [-0.39, 0.29) is 0 Å². The molecule has 0 aromatic carbocycles. The smallest absolute Gasteiger partial charge is 0.139 e. The van der Waals surface area contributed by atoms with Gasteiger partial charge in [0.25, 0.3) is 0 Å². The Bertz CT molecular complexity index is 431. The summed E-state index contributed by atoms with van der Waals surface area (Å²) in [5.41, 5.74) is 3.03. The van der Waals surface area contributed by atoms with Gasteiger partial charge in [-0.3, -0.25) is 0 Å². The van der Waals surface area contributed by atoms with Crippen molar-refractivity contribution < 1.29 is 0 Å². The van der Waals surface area contributed by atoms with E-state index in [1.165, 1.54) is 0 Å². The van der Waals surface area contributed by atoms with Gasteiger partial charge in [-0.2, -0.15) is 0 Å².